The first-order valence-corrected chi connectivity index (χ1v) is 16.0. The Bertz CT molecular complexity index is 2140. The lowest BCUT2D eigenvalue weighted by Crippen LogP contribution is -2.61. The summed E-state index contributed by atoms with van der Waals surface area (Å²) in [6, 6.07) is 11.8. The normalized spacial score (nSPS) is 29.4. The Labute approximate surface area is 291 Å². The predicted molar refractivity (Wildman–Crippen MR) is 175 cm³/mol. The maximum absolute atomic E-state index is 12.8. The quantitative estimate of drug-likeness (QED) is 0.103. The molecular formula is C35H34O17. The number of hydrogen-bond donors (Lipinski definition) is 10. The summed E-state index contributed by atoms with van der Waals surface area (Å²) in [5.74, 6) is -2.73. The van der Waals surface area contributed by atoms with Crippen molar-refractivity contribution in [2.24, 2.45) is 0 Å². The van der Waals surface area contributed by atoms with Crippen LogP contribution in [0.25, 0.3) is 44.6 Å². The zero-order valence-electron chi connectivity index (χ0n) is 27.0. The first-order chi connectivity index (χ1) is 24.7. The highest BCUT2D eigenvalue weighted by molar-refractivity contribution is 6.10. The highest BCUT2D eigenvalue weighted by Crippen LogP contribution is 2.47. The average molecular weight is 727 g/mol. The Morgan fingerprint density at radius 2 is 1.29 bits per heavy atom. The SMILES string of the molecule is C[C@@H]1O[C@@H](OC[C@H]2O[C@@H](Oc3c(-c4cc(O)c(O)c(O)c4)oc4cc(=O)cc5oc(-c6ccc(O)cc6)cc3c54)[C@H](O)[C@@H](O)[C@@H]2O)[C@H](O)[C@H](O)[C@H]1O. The Hall–Kier alpha value is -4.95. The molecule has 2 aliphatic rings. The van der Waals surface area contributed by atoms with Gasteiger partial charge in [0.2, 0.25) is 6.29 Å². The summed E-state index contributed by atoms with van der Waals surface area (Å²) >= 11 is 0. The molecule has 10 atom stereocenters. The van der Waals surface area contributed by atoms with Gasteiger partial charge in [-0.3, -0.25) is 4.79 Å². The standard InChI is InChI=1S/C35H34O17/c1-12-25(40)28(43)30(45)34(48-12)47-11-23-27(42)29(44)31(46)35(51-23)52-33-17-10-20(13-2-4-15(36)5-3-13)49-21-8-16(37)9-22(24(17)21)50-32(33)14-6-18(38)26(41)19(39)7-14/h2-10,12,23,25,27-31,34-36,38-46H,11H2,1H3/t12-,23+,25-,27+,28+,29-,30+,31+,34+,35-/m0/s1. The Balaban J connectivity index is 1.34. The van der Waals surface area contributed by atoms with E-state index >= 15 is 0 Å². The maximum Gasteiger partial charge on any atom is 0.229 e. The van der Waals surface area contributed by atoms with Crippen molar-refractivity contribution in [3.8, 4) is 51.4 Å². The van der Waals surface area contributed by atoms with E-state index in [0.29, 0.717) is 5.56 Å². The van der Waals surface area contributed by atoms with Crippen LogP contribution in [-0.2, 0) is 14.2 Å². The van der Waals surface area contributed by atoms with Gasteiger partial charge in [0, 0.05) is 28.6 Å². The third-order valence-corrected chi connectivity index (χ3v) is 9.09. The molecule has 2 aliphatic heterocycles. The van der Waals surface area contributed by atoms with Crippen molar-refractivity contribution in [1.82, 2.24) is 0 Å². The summed E-state index contributed by atoms with van der Waals surface area (Å²) in [5, 5.41) is 104. The summed E-state index contributed by atoms with van der Waals surface area (Å²) in [6.45, 7) is 0.854. The number of phenols is 4. The Morgan fingerprint density at radius 1 is 0.673 bits per heavy atom. The minimum Gasteiger partial charge on any atom is -0.508 e. The van der Waals surface area contributed by atoms with Crippen LogP contribution in [0.1, 0.15) is 6.92 Å². The van der Waals surface area contributed by atoms with E-state index in [1.165, 1.54) is 31.2 Å². The molecule has 5 aromatic rings. The van der Waals surface area contributed by atoms with Gasteiger partial charge in [0.05, 0.1) is 18.1 Å². The van der Waals surface area contributed by atoms with Crippen LogP contribution in [0.5, 0.6) is 28.7 Å². The topological polar surface area (TPSA) is 283 Å². The fraction of sp³-hybridized carbons (Fsp3) is 0.343. The maximum atomic E-state index is 12.8. The van der Waals surface area contributed by atoms with Gasteiger partial charge in [-0.2, -0.15) is 0 Å². The molecular weight excluding hydrogens is 692 g/mol. The van der Waals surface area contributed by atoms with Gasteiger partial charge >= 0.3 is 0 Å². The molecule has 10 N–H and O–H groups in total. The molecule has 0 spiro atoms. The lowest BCUT2D eigenvalue weighted by molar-refractivity contribution is -0.318. The van der Waals surface area contributed by atoms with Crippen LogP contribution in [0.4, 0.5) is 0 Å². The molecule has 3 aromatic carbocycles. The Kier molecular flexibility index (Phi) is 9.24. The average Bonchev–Trinajstić information content (AvgIpc) is 3.11. The van der Waals surface area contributed by atoms with E-state index in [9.17, 15) is 55.9 Å². The van der Waals surface area contributed by atoms with E-state index in [0.717, 1.165) is 18.2 Å². The lowest BCUT2D eigenvalue weighted by Gasteiger charge is -2.42. The van der Waals surface area contributed by atoms with Crippen molar-refractivity contribution in [2.45, 2.75) is 68.3 Å². The van der Waals surface area contributed by atoms with Gasteiger partial charge < -0.3 is 78.8 Å². The van der Waals surface area contributed by atoms with E-state index in [1.54, 1.807) is 12.1 Å². The fourth-order valence-electron chi connectivity index (χ4n) is 6.22. The molecule has 0 aliphatic carbocycles. The number of hydrogen-bond acceptors (Lipinski definition) is 17. The van der Waals surface area contributed by atoms with E-state index in [1.807, 2.05) is 0 Å². The first-order valence-electron chi connectivity index (χ1n) is 16.0. The van der Waals surface area contributed by atoms with Crippen LogP contribution in [0.15, 0.2) is 68.2 Å². The largest absolute Gasteiger partial charge is 0.508 e. The zero-order valence-corrected chi connectivity index (χ0v) is 27.0. The molecule has 2 fully saturated rings. The summed E-state index contributed by atoms with van der Waals surface area (Å²) in [5.41, 5.74) is -0.167. The van der Waals surface area contributed by atoms with Crippen LogP contribution in [0, 0.1) is 0 Å². The highest BCUT2D eigenvalue weighted by Gasteiger charge is 2.48. The van der Waals surface area contributed by atoms with Crippen LogP contribution in [0.3, 0.4) is 0 Å². The predicted octanol–water partition coefficient (Wildman–Crippen LogP) is 0.726. The van der Waals surface area contributed by atoms with E-state index in [-0.39, 0.29) is 50.5 Å². The van der Waals surface area contributed by atoms with Gasteiger partial charge in [-0.05, 0) is 49.4 Å². The number of aliphatic hydroxyl groups excluding tert-OH is 6. The van der Waals surface area contributed by atoms with Crippen LogP contribution in [-0.4, -0.2) is 119 Å². The number of benzene rings is 3. The van der Waals surface area contributed by atoms with E-state index < -0.39 is 90.7 Å². The molecule has 0 radical (unpaired) electrons. The first kappa shape index (κ1) is 35.5. The van der Waals surface area contributed by atoms with E-state index in [2.05, 4.69) is 0 Å². The summed E-state index contributed by atoms with van der Waals surface area (Å²) < 4.78 is 35.3. The number of phenolic OH excluding ortho intramolecular Hbond substituents is 4. The van der Waals surface area contributed by atoms with Gasteiger partial charge in [0.15, 0.2) is 40.5 Å². The third kappa shape index (κ3) is 6.27. The monoisotopic (exact) mass is 726 g/mol. The smallest absolute Gasteiger partial charge is 0.229 e. The van der Waals surface area contributed by atoms with Crippen molar-refractivity contribution in [3.63, 3.8) is 0 Å². The number of ether oxygens (including phenoxy) is 4. The lowest BCUT2D eigenvalue weighted by atomic mass is 9.98. The van der Waals surface area contributed by atoms with Gasteiger partial charge in [-0.15, -0.1) is 0 Å². The minimum atomic E-state index is -1.93. The summed E-state index contributed by atoms with van der Waals surface area (Å²) in [6.07, 6.45) is -16.0. The molecule has 7 rings (SSSR count). The number of aromatic hydroxyl groups is 4. The molecule has 52 heavy (non-hydrogen) atoms. The van der Waals surface area contributed by atoms with Crippen molar-refractivity contribution in [1.29, 1.82) is 0 Å². The molecule has 2 aromatic heterocycles. The molecule has 4 heterocycles. The number of rotatable bonds is 7. The minimum absolute atomic E-state index is 0.0269. The highest BCUT2D eigenvalue weighted by atomic mass is 16.7. The van der Waals surface area contributed by atoms with Crippen LogP contribution in [0.2, 0.25) is 0 Å². The second-order valence-electron chi connectivity index (χ2n) is 12.6. The van der Waals surface area contributed by atoms with Crippen molar-refractivity contribution >= 4 is 21.9 Å². The van der Waals surface area contributed by atoms with Crippen LogP contribution < -0.4 is 10.2 Å². The van der Waals surface area contributed by atoms with Gasteiger partial charge in [0.25, 0.3) is 0 Å². The molecule has 0 bridgehead atoms. The molecule has 0 amide bonds. The molecule has 276 valence electrons. The van der Waals surface area contributed by atoms with E-state index in [4.69, 9.17) is 27.8 Å². The summed E-state index contributed by atoms with van der Waals surface area (Å²) in [4.78, 5) is 12.8. The molecule has 2 saturated heterocycles. The second kappa shape index (κ2) is 13.6. The second-order valence-corrected chi connectivity index (χ2v) is 12.6. The van der Waals surface area contributed by atoms with Gasteiger partial charge in [0.1, 0.15) is 65.4 Å². The fourth-order valence-corrected chi connectivity index (χ4v) is 6.22. The molecule has 17 heteroatoms. The molecule has 0 unspecified atom stereocenters. The Morgan fingerprint density at radius 3 is 1.96 bits per heavy atom. The van der Waals surface area contributed by atoms with Crippen molar-refractivity contribution in [2.75, 3.05) is 6.61 Å². The van der Waals surface area contributed by atoms with Crippen LogP contribution >= 0.6 is 0 Å². The third-order valence-electron chi connectivity index (χ3n) is 9.09. The van der Waals surface area contributed by atoms with Gasteiger partial charge in [-0.25, -0.2) is 0 Å². The molecule has 0 saturated carbocycles. The number of aliphatic hydroxyl groups is 6. The summed E-state index contributed by atoms with van der Waals surface area (Å²) in [7, 11) is 0. The zero-order chi connectivity index (χ0) is 37.2. The molecule has 17 nitrogen and oxygen atoms in total. The van der Waals surface area contributed by atoms with Crippen molar-refractivity contribution in [3.05, 3.63) is 64.8 Å². The van der Waals surface area contributed by atoms with Crippen molar-refractivity contribution < 1.29 is 78.8 Å². The van der Waals surface area contributed by atoms with Gasteiger partial charge in [-0.1, -0.05) is 0 Å².